The predicted molar refractivity (Wildman–Crippen MR) is 247 cm³/mol. The van der Waals surface area contributed by atoms with Crippen LogP contribution in [-0.4, -0.2) is 0 Å². The molecule has 0 aliphatic heterocycles. The Hall–Kier alpha value is -6.18. The lowest BCUT2D eigenvalue weighted by Crippen LogP contribution is -2.29. The number of fused-ring (bicyclic) bond motifs is 4. The Bertz CT molecular complexity index is 2700. The number of hydrogen-bond acceptors (Lipinski definition) is 1. The summed E-state index contributed by atoms with van der Waals surface area (Å²) in [4.78, 5) is 2.47. The molecule has 0 aromatic heterocycles. The first-order chi connectivity index (χ1) is 28.5. The van der Waals surface area contributed by atoms with Crippen molar-refractivity contribution in [2.45, 2.75) is 69.6 Å². The third-order valence-corrected chi connectivity index (χ3v) is 13.4. The standard InChI is InChI=1S/C57H51N/c1-56(2)53-24-16-23-51(43-18-8-6-9-19-43)55(53)52-36-35-50(40-54(52)56)58(48-31-27-42(28-32-48)45-26-25-41-17-12-13-20-44(41)39-45)49-33-29-47(30-34-49)57(46-21-10-7-11-22-46)37-14-4-3-5-15-38-57/h6-13,16-36,39-40H,3-5,14-15,37-38H2,1-2H3. The largest absolute Gasteiger partial charge is 0.310 e. The summed E-state index contributed by atoms with van der Waals surface area (Å²) < 4.78 is 0. The van der Waals surface area contributed by atoms with Gasteiger partial charge in [0.2, 0.25) is 0 Å². The van der Waals surface area contributed by atoms with E-state index in [1.54, 1.807) is 0 Å². The second-order valence-corrected chi connectivity index (χ2v) is 17.2. The van der Waals surface area contributed by atoms with Crippen LogP contribution in [0, 0.1) is 0 Å². The fraction of sp³-hybridized carbons (Fsp3) is 0.193. The molecule has 1 saturated carbocycles. The van der Waals surface area contributed by atoms with Gasteiger partial charge >= 0.3 is 0 Å². The number of nitrogens with zero attached hydrogens (tertiary/aromatic N) is 1. The Labute approximate surface area is 344 Å². The van der Waals surface area contributed by atoms with Crippen LogP contribution < -0.4 is 4.90 Å². The molecule has 0 atom stereocenters. The van der Waals surface area contributed by atoms with Crippen molar-refractivity contribution < 1.29 is 0 Å². The molecule has 0 heterocycles. The fourth-order valence-electron chi connectivity index (χ4n) is 10.3. The third-order valence-electron chi connectivity index (χ3n) is 13.4. The van der Waals surface area contributed by atoms with Crippen molar-refractivity contribution in [2.75, 3.05) is 4.90 Å². The van der Waals surface area contributed by atoms with Gasteiger partial charge in [-0.3, -0.25) is 0 Å². The summed E-state index contributed by atoms with van der Waals surface area (Å²) in [6, 6.07) is 70.5. The van der Waals surface area contributed by atoms with Crippen molar-refractivity contribution in [3.05, 3.63) is 210 Å². The van der Waals surface area contributed by atoms with E-state index in [-0.39, 0.29) is 10.8 Å². The highest BCUT2D eigenvalue weighted by atomic mass is 15.1. The molecule has 284 valence electrons. The maximum Gasteiger partial charge on any atom is 0.0465 e. The monoisotopic (exact) mass is 749 g/mol. The Morgan fingerprint density at radius 3 is 1.69 bits per heavy atom. The summed E-state index contributed by atoms with van der Waals surface area (Å²) in [6.07, 6.45) is 8.93. The number of hydrogen-bond donors (Lipinski definition) is 0. The Kier molecular flexibility index (Phi) is 9.33. The Morgan fingerprint density at radius 2 is 0.966 bits per heavy atom. The first kappa shape index (κ1) is 36.2. The lowest BCUT2D eigenvalue weighted by atomic mass is 9.67. The molecule has 1 nitrogen and oxygen atoms in total. The van der Waals surface area contributed by atoms with Crippen LogP contribution in [0.25, 0.3) is 44.2 Å². The predicted octanol–water partition coefficient (Wildman–Crippen LogP) is 16.0. The van der Waals surface area contributed by atoms with E-state index in [9.17, 15) is 0 Å². The van der Waals surface area contributed by atoms with Crippen LogP contribution in [0.5, 0.6) is 0 Å². The highest BCUT2D eigenvalue weighted by Gasteiger charge is 2.38. The molecular weight excluding hydrogens is 699 g/mol. The van der Waals surface area contributed by atoms with E-state index in [1.165, 1.54) is 123 Å². The summed E-state index contributed by atoms with van der Waals surface area (Å²) in [5.74, 6) is 0. The van der Waals surface area contributed by atoms with Gasteiger partial charge in [0.25, 0.3) is 0 Å². The first-order valence-electron chi connectivity index (χ1n) is 21.4. The quantitative estimate of drug-likeness (QED) is 0.157. The summed E-state index contributed by atoms with van der Waals surface area (Å²) in [7, 11) is 0. The molecule has 0 bridgehead atoms. The minimum atomic E-state index is -0.152. The van der Waals surface area contributed by atoms with Gasteiger partial charge in [-0.25, -0.2) is 0 Å². The number of rotatable bonds is 7. The lowest BCUT2D eigenvalue weighted by Gasteiger charge is -2.37. The molecule has 0 saturated heterocycles. The Morgan fingerprint density at radius 1 is 0.379 bits per heavy atom. The Balaban J connectivity index is 1.09. The fourth-order valence-corrected chi connectivity index (χ4v) is 10.3. The molecule has 58 heavy (non-hydrogen) atoms. The summed E-state index contributed by atoms with van der Waals surface area (Å²) >= 11 is 0. The third kappa shape index (κ3) is 6.34. The summed E-state index contributed by atoms with van der Waals surface area (Å²) in [5.41, 5.74) is 16.8. The smallest absolute Gasteiger partial charge is 0.0465 e. The van der Waals surface area contributed by atoms with Gasteiger partial charge < -0.3 is 4.90 Å². The van der Waals surface area contributed by atoms with Crippen LogP contribution in [0.1, 0.15) is 81.0 Å². The van der Waals surface area contributed by atoms with Crippen LogP contribution in [0.3, 0.4) is 0 Å². The van der Waals surface area contributed by atoms with Gasteiger partial charge in [-0.05, 0) is 122 Å². The van der Waals surface area contributed by atoms with Gasteiger partial charge in [0.1, 0.15) is 0 Å². The second-order valence-electron chi connectivity index (χ2n) is 17.2. The van der Waals surface area contributed by atoms with E-state index >= 15 is 0 Å². The number of anilines is 3. The van der Waals surface area contributed by atoms with Crippen molar-refractivity contribution in [2.24, 2.45) is 0 Å². The van der Waals surface area contributed by atoms with E-state index in [0.29, 0.717) is 0 Å². The normalized spacial score (nSPS) is 15.6. The van der Waals surface area contributed by atoms with Crippen LogP contribution in [-0.2, 0) is 10.8 Å². The highest BCUT2D eigenvalue weighted by molar-refractivity contribution is 5.94. The average Bonchev–Trinajstić information content (AvgIpc) is 3.50. The highest BCUT2D eigenvalue weighted by Crippen LogP contribution is 2.54. The lowest BCUT2D eigenvalue weighted by molar-refractivity contribution is 0.366. The molecule has 10 rings (SSSR count). The van der Waals surface area contributed by atoms with E-state index in [1.807, 2.05) is 0 Å². The second kappa shape index (κ2) is 15.0. The summed E-state index contributed by atoms with van der Waals surface area (Å²) in [6.45, 7) is 4.79. The zero-order chi connectivity index (χ0) is 39.1. The molecule has 0 spiro atoms. The van der Waals surface area contributed by atoms with Crippen molar-refractivity contribution in [1.82, 2.24) is 0 Å². The molecule has 8 aromatic rings. The maximum atomic E-state index is 2.47. The molecule has 0 unspecified atom stereocenters. The van der Waals surface area contributed by atoms with Gasteiger partial charge in [0.15, 0.2) is 0 Å². The van der Waals surface area contributed by atoms with Crippen LogP contribution in [0.15, 0.2) is 188 Å². The van der Waals surface area contributed by atoms with E-state index < -0.39 is 0 Å². The minimum absolute atomic E-state index is 0.0341. The van der Waals surface area contributed by atoms with Crippen molar-refractivity contribution in [1.29, 1.82) is 0 Å². The van der Waals surface area contributed by atoms with Gasteiger partial charge in [-0.1, -0.05) is 192 Å². The van der Waals surface area contributed by atoms with E-state index in [2.05, 4.69) is 207 Å². The first-order valence-corrected chi connectivity index (χ1v) is 21.4. The molecule has 2 aliphatic rings. The van der Waals surface area contributed by atoms with Gasteiger partial charge in [0.05, 0.1) is 0 Å². The van der Waals surface area contributed by atoms with Gasteiger partial charge in [0, 0.05) is 27.9 Å². The molecule has 0 radical (unpaired) electrons. The van der Waals surface area contributed by atoms with E-state index in [4.69, 9.17) is 0 Å². The molecule has 0 N–H and O–H groups in total. The molecule has 8 aromatic carbocycles. The van der Waals surface area contributed by atoms with Crippen molar-refractivity contribution in [3.63, 3.8) is 0 Å². The van der Waals surface area contributed by atoms with Crippen molar-refractivity contribution >= 4 is 27.8 Å². The van der Waals surface area contributed by atoms with Crippen LogP contribution in [0.2, 0.25) is 0 Å². The van der Waals surface area contributed by atoms with Gasteiger partial charge in [-0.15, -0.1) is 0 Å². The van der Waals surface area contributed by atoms with Crippen LogP contribution in [0.4, 0.5) is 17.1 Å². The molecule has 1 heteroatoms. The SMILES string of the molecule is CC1(C)c2cc(N(c3ccc(-c4ccc5ccccc5c4)cc3)c3ccc(C4(c5ccccc5)CCCCCCC4)cc3)ccc2-c2c(-c3ccccc3)cccc21. The molecule has 2 aliphatic carbocycles. The molecular formula is C57H51N. The minimum Gasteiger partial charge on any atom is -0.310 e. The van der Waals surface area contributed by atoms with E-state index in [0.717, 1.165) is 5.69 Å². The molecule has 1 fully saturated rings. The zero-order valence-electron chi connectivity index (χ0n) is 33.8. The zero-order valence-corrected chi connectivity index (χ0v) is 33.8. The number of benzene rings is 8. The summed E-state index contributed by atoms with van der Waals surface area (Å²) in [5, 5.41) is 2.53. The average molecular weight is 750 g/mol. The van der Waals surface area contributed by atoms with Gasteiger partial charge in [-0.2, -0.15) is 0 Å². The topological polar surface area (TPSA) is 3.24 Å². The van der Waals surface area contributed by atoms with Crippen molar-refractivity contribution in [3.8, 4) is 33.4 Å². The molecule has 0 amide bonds. The van der Waals surface area contributed by atoms with Crippen LogP contribution >= 0.6 is 0 Å². The maximum absolute atomic E-state index is 2.47.